The van der Waals surface area contributed by atoms with Gasteiger partial charge in [-0.05, 0) is 30.9 Å². The van der Waals surface area contributed by atoms with Gasteiger partial charge < -0.3 is 0 Å². The normalized spacial score (nSPS) is 15.5. The molecule has 1 aromatic heterocycles. The minimum absolute atomic E-state index is 1.11. The van der Waals surface area contributed by atoms with Gasteiger partial charge in [0.1, 0.15) is 0 Å². The number of pyridine rings is 1. The molecule has 0 N–H and O–H groups in total. The fourth-order valence-corrected chi connectivity index (χ4v) is 2.87. The summed E-state index contributed by atoms with van der Waals surface area (Å²) in [7, 11) is 0. The van der Waals surface area contributed by atoms with Crippen LogP contribution in [-0.2, 0) is 6.42 Å². The topological polar surface area (TPSA) is 12.9 Å². The highest BCUT2D eigenvalue weighted by atomic mass is 14.7. The highest BCUT2D eigenvalue weighted by Gasteiger charge is 2.11. The van der Waals surface area contributed by atoms with Gasteiger partial charge in [0, 0.05) is 11.9 Å². The monoisotopic (exact) mass is 275 g/mol. The van der Waals surface area contributed by atoms with Crippen molar-refractivity contribution >= 4 is 0 Å². The van der Waals surface area contributed by atoms with Gasteiger partial charge >= 0.3 is 0 Å². The van der Waals surface area contributed by atoms with E-state index in [1.165, 1.54) is 69.9 Å². The van der Waals surface area contributed by atoms with Crippen LogP contribution in [0.3, 0.4) is 0 Å². The lowest BCUT2D eigenvalue weighted by Crippen LogP contribution is -2.05. The van der Waals surface area contributed by atoms with Crippen molar-refractivity contribution in [3.05, 3.63) is 30.1 Å². The van der Waals surface area contributed by atoms with Crippen LogP contribution >= 0.6 is 0 Å². The molecule has 1 saturated carbocycles. The Bertz CT molecular complexity index is 301. The average Bonchev–Trinajstić information content (AvgIpc) is 2.53. The van der Waals surface area contributed by atoms with Crippen LogP contribution in [0.1, 0.15) is 83.7 Å². The van der Waals surface area contributed by atoms with Gasteiger partial charge in [-0.1, -0.05) is 77.7 Å². The zero-order valence-corrected chi connectivity index (χ0v) is 13.6. The first-order chi connectivity index (χ1) is 9.86. The van der Waals surface area contributed by atoms with E-state index in [9.17, 15) is 0 Å². The summed E-state index contributed by atoms with van der Waals surface area (Å²) in [5.74, 6) is 1.11. The van der Waals surface area contributed by atoms with Crippen LogP contribution in [0, 0.1) is 5.92 Å². The Balaban J connectivity index is 0.000000200. The van der Waals surface area contributed by atoms with Gasteiger partial charge in [0.15, 0.2) is 0 Å². The van der Waals surface area contributed by atoms with Gasteiger partial charge in [-0.15, -0.1) is 0 Å². The molecule has 1 heteroatoms. The standard InChI is InChI=1S/C10H20.C9H13N/c1-2-3-7-10-8-5-4-6-9-10;1-2-3-6-9-7-4-5-8-10-9/h10H,2-9H2,1H3;4-5,7-8H,2-3,6H2,1H3. The number of unbranched alkanes of at least 4 members (excludes halogenated alkanes) is 2. The summed E-state index contributed by atoms with van der Waals surface area (Å²) in [4.78, 5) is 4.22. The smallest absolute Gasteiger partial charge is 0.0403 e. The molecule has 0 saturated heterocycles. The first-order valence-corrected chi connectivity index (χ1v) is 8.76. The molecule has 0 bridgehead atoms. The summed E-state index contributed by atoms with van der Waals surface area (Å²) in [6.07, 6.45) is 17.4. The van der Waals surface area contributed by atoms with Gasteiger partial charge in [-0.25, -0.2) is 0 Å². The van der Waals surface area contributed by atoms with Crippen LogP contribution in [0.15, 0.2) is 24.4 Å². The molecule has 2 rings (SSSR count). The summed E-state index contributed by atoms with van der Waals surface area (Å²) < 4.78 is 0. The predicted octanol–water partition coefficient (Wildman–Crippen LogP) is 6.18. The second-order valence-electron chi connectivity index (χ2n) is 6.07. The van der Waals surface area contributed by atoms with Crippen LogP contribution in [0.5, 0.6) is 0 Å². The van der Waals surface area contributed by atoms with Crippen molar-refractivity contribution in [2.24, 2.45) is 5.92 Å². The highest BCUT2D eigenvalue weighted by molar-refractivity contribution is 5.03. The first kappa shape index (κ1) is 17.2. The number of rotatable bonds is 6. The van der Waals surface area contributed by atoms with E-state index < -0.39 is 0 Å². The molecule has 1 heterocycles. The molecule has 0 aromatic carbocycles. The van der Waals surface area contributed by atoms with Crippen molar-refractivity contribution in [1.82, 2.24) is 4.98 Å². The van der Waals surface area contributed by atoms with Crippen molar-refractivity contribution in [3.8, 4) is 0 Å². The number of hydrogen-bond acceptors (Lipinski definition) is 1. The maximum Gasteiger partial charge on any atom is 0.0403 e. The van der Waals surface area contributed by atoms with Crippen LogP contribution in [-0.4, -0.2) is 4.98 Å². The molecular formula is C19H33N. The second-order valence-corrected chi connectivity index (χ2v) is 6.07. The van der Waals surface area contributed by atoms with Gasteiger partial charge in [0.25, 0.3) is 0 Å². The quantitative estimate of drug-likeness (QED) is 0.604. The van der Waals surface area contributed by atoms with Crippen molar-refractivity contribution < 1.29 is 0 Å². The van der Waals surface area contributed by atoms with Gasteiger partial charge in [0.05, 0.1) is 0 Å². The van der Waals surface area contributed by atoms with Gasteiger partial charge in [-0.2, -0.15) is 0 Å². The van der Waals surface area contributed by atoms with Crippen LogP contribution in [0.4, 0.5) is 0 Å². The van der Waals surface area contributed by atoms with Gasteiger partial charge in [0.2, 0.25) is 0 Å². The molecule has 1 fully saturated rings. The summed E-state index contributed by atoms with van der Waals surface area (Å²) in [6.45, 7) is 4.49. The van der Waals surface area contributed by atoms with E-state index in [1.807, 2.05) is 18.3 Å². The Morgan fingerprint density at radius 3 is 2.35 bits per heavy atom. The SMILES string of the molecule is CCCCC1CCCCC1.CCCCc1ccccn1. The Hall–Kier alpha value is -0.850. The molecule has 0 unspecified atom stereocenters. The molecule has 20 heavy (non-hydrogen) atoms. The van der Waals surface area contributed by atoms with E-state index in [2.05, 4.69) is 24.9 Å². The third kappa shape index (κ3) is 8.35. The van der Waals surface area contributed by atoms with Crippen LogP contribution in [0.2, 0.25) is 0 Å². The van der Waals surface area contributed by atoms with E-state index in [0.29, 0.717) is 0 Å². The summed E-state index contributed by atoms with van der Waals surface area (Å²) in [5, 5.41) is 0. The van der Waals surface area contributed by atoms with Crippen molar-refractivity contribution in [3.63, 3.8) is 0 Å². The highest BCUT2D eigenvalue weighted by Crippen LogP contribution is 2.27. The lowest BCUT2D eigenvalue weighted by molar-refractivity contribution is 0.331. The Morgan fingerprint density at radius 1 is 1.00 bits per heavy atom. The number of hydrogen-bond donors (Lipinski definition) is 0. The van der Waals surface area contributed by atoms with Crippen molar-refractivity contribution in [2.75, 3.05) is 0 Å². The van der Waals surface area contributed by atoms with E-state index in [0.717, 1.165) is 12.3 Å². The van der Waals surface area contributed by atoms with E-state index in [1.54, 1.807) is 0 Å². The lowest BCUT2D eigenvalue weighted by atomic mass is 9.86. The zero-order chi connectivity index (χ0) is 14.5. The minimum Gasteiger partial charge on any atom is -0.261 e. The summed E-state index contributed by atoms with van der Waals surface area (Å²) in [5.41, 5.74) is 1.21. The average molecular weight is 275 g/mol. The maximum atomic E-state index is 4.22. The van der Waals surface area contributed by atoms with E-state index in [4.69, 9.17) is 0 Å². The molecule has 0 radical (unpaired) electrons. The fraction of sp³-hybridized carbons (Fsp3) is 0.737. The molecule has 1 aromatic rings. The Labute approximate surface area is 126 Å². The molecule has 114 valence electrons. The first-order valence-electron chi connectivity index (χ1n) is 8.76. The number of nitrogens with zero attached hydrogens (tertiary/aromatic N) is 1. The molecule has 0 aliphatic heterocycles. The maximum absolute atomic E-state index is 4.22. The second kappa shape index (κ2) is 11.9. The minimum atomic E-state index is 1.11. The number of aromatic nitrogens is 1. The largest absolute Gasteiger partial charge is 0.261 e. The molecule has 0 amide bonds. The Morgan fingerprint density at radius 2 is 1.75 bits per heavy atom. The number of aryl methyl sites for hydroxylation is 1. The van der Waals surface area contributed by atoms with Gasteiger partial charge in [-0.3, -0.25) is 4.98 Å². The van der Waals surface area contributed by atoms with Crippen molar-refractivity contribution in [1.29, 1.82) is 0 Å². The third-order valence-corrected chi connectivity index (χ3v) is 4.20. The fourth-order valence-electron chi connectivity index (χ4n) is 2.87. The molecule has 1 aliphatic rings. The van der Waals surface area contributed by atoms with E-state index in [-0.39, 0.29) is 0 Å². The molecule has 0 atom stereocenters. The molecule has 1 aliphatic carbocycles. The Kier molecular flexibility index (Phi) is 10.3. The summed E-state index contributed by atoms with van der Waals surface area (Å²) >= 11 is 0. The van der Waals surface area contributed by atoms with Crippen molar-refractivity contribution in [2.45, 2.75) is 84.5 Å². The van der Waals surface area contributed by atoms with Crippen LogP contribution in [0.25, 0.3) is 0 Å². The zero-order valence-electron chi connectivity index (χ0n) is 13.6. The third-order valence-electron chi connectivity index (χ3n) is 4.20. The molecule has 1 nitrogen and oxygen atoms in total. The lowest BCUT2D eigenvalue weighted by Gasteiger charge is -2.20. The predicted molar refractivity (Wildman–Crippen MR) is 88.9 cm³/mol. The molecular weight excluding hydrogens is 242 g/mol. The van der Waals surface area contributed by atoms with E-state index >= 15 is 0 Å². The molecule has 0 spiro atoms. The summed E-state index contributed by atoms with van der Waals surface area (Å²) in [6, 6.07) is 6.07. The van der Waals surface area contributed by atoms with Crippen LogP contribution < -0.4 is 0 Å².